The molecule has 2 fully saturated rings. The average molecular weight is 340 g/mol. The quantitative estimate of drug-likeness (QED) is 0.856. The summed E-state index contributed by atoms with van der Waals surface area (Å²) in [5.74, 6) is 0.907. The minimum absolute atomic E-state index is 0.269. The summed E-state index contributed by atoms with van der Waals surface area (Å²) in [6.45, 7) is 5.36. The second-order valence-electron chi connectivity index (χ2n) is 7.11. The van der Waals surface area contributed by atoms with Crippen molar-refractivity contribution in [1.82, 2.24) is 15.0 Å². The van der Waals surface area contributed by atoms with Gasteiger partial charge in [0.2, 0.25) is 11.7 Å². The molecule has 0 N–H and O–H groups in total. The number of hydrogen-bond donors (Lipinski definition) is 0. The van der Waals surface area contributed by atoms with Crippen LogP contribution in [0.2, 0.25) is 0 Å². The summed E-state index contributed by atoms with van der Waals surface area (Å²) in [6.07, 6.45) is 3.92. The molecule has 1 aromatic heterocycles. The van der Waals surface area contributed by atoms with Gasteiger partial charge in [0.15, 0.2) is 0 Å². The smallest absolute Gasteiger partial charge is 0.324 e. The fourth-order valence-electron chi connectivity index (χ4n) is 4.10. The first-order valence-electron chi connectivity index (χ1n) is 9.15. The molecule has 0 bridgehead atoms. The van der Waals surface area contributed by atoms with Crippen LogP contribution in [-0.4, -0.2) is 47.1 Å². The standard InChI is InChI=1S/C19H24N4O2/c1-2-11-22-12-6-9-19(17(22)24)10-13-23(14-19)18-20-16(21-25-18)15-7-4-3-5-8-15/h3-5,7-8H,2,6,9-14H2,1H3/t19-/m0/s1. The molecule has 0 aliphatic carbocycles. The van der Waals surface area contributed by atoms with Gasteiger partial charge in [-0.05, 0) is 25.7 Å². The molecule has 3 heterocycles. The summed E-state index contributed by atoms with van der Waals surface area (Å²) in [5.41, 5.74) is 0.670. The summed E-state index contributed by atoms with van der Waals surface area (Å²) < 4.78 is 5.49. The van der Waals surface area contributed by atoms with Crippen LogP contribution >= 0.6 is 0 Å². The highest BCUT2D eigenvalue weighted by molar-refractivity contribution is 5.85. The van der Waals surface area contributed by atoms with Gasteiger partial charge in [-0.1, -0.05) is 42.4 Å². The number of nitrogens with zero attached hydrogens (tertiary/aromatic N) is 4. The van der Waals surface area contributed by atoms with E-state index in [2.05, 4.69) is 22.0 Å². The van der Waals surface area contributed by atoms with E-state index in [9.17, 15) is 4.79 Å². The summed E-state index contributed by atoms with van der Waals surface area (Å²) in [4.78, 5) is 21.6. The Morgan fingerprint density at radius 1 is 1.20 bits per heavy atom. The highest BCUT2D eigenvalue weighted by Gasteiger charge is 2.49. The van der Waals surface area contributed by atoms with E-state index in [0.717, 1.165) is 50.9 Å². The number of carbonyl (C=O) groups is 1. The highest BCUT2D eigenvalue weighted by Crippen LogP contribution is 2.41. The maximum Gasteiger partial charge on any atom is 0.324 e. The molecule has 132 valence electrons. The summed E-state index contributed by atoms with van der Waals surface area (Å²) in [5, 5.41) is 4.10. The third kappa shape index (κ3) is 2.90. The average Bonchev–Trinajstić information content (AvgIpc) is 3.28. The minimum Gasteiger partial charge on any atom is -0.342 e. The maximum atomic E-state index is 13.0. The highest BCUT2D eigenvalue weighted by atomic mass is 16.5. The number of amides is 1. The van der Waals surface area contributed by atoms with Crippen molar-refractivity contribution >= 4 is 11.9 Å². The zero-order chi connectivity index (χ0) is 17.3. The summed E-state index contributed by atoms with van der Waals surface area (Å²) >= 11 is 0. The van der Waals surface area contributed by atoms with Gasteiger partial charge in [0.05, 0.1) is 5.41 Å². The van der Waals surface area contributed by atoms with Crippen LogP contribution in [0.5, 0.6) is 0 Å². The van der Waals surface area contributed by atoms with E-state index in [-0.39, 0.29) is 5.41 Å². The Labute approximate surface area is 147 Å². The van der Waals surface area contributed by atoms with Crippen molar-refractivity contribution in [2.24, 2.45) is 5.41 Å². The molecular formula is C19H24N4O2. The van der Waals surface area contributed by atoms with Crippen LogP contribution in [0.1, 0.15) is 32.6 Å². The van der Waals surface area contributed by atoms with Crippen LogP contribution in [0.15, 0.2) is 34.9 Å². The monoisotopic (exact) mass is 340 g/mol. The van der Waals surface area contributed by atoms with Gasteiger partial charge in [-0.3, -0.25) is 4.79 Å². The van der Waals surface area contributed by atoms with Crippen molar-refractivity contribution in [2.75, 3.05) is 31.1 Å². The molecule has 2 aliphatic heterocycles. The Kier molecular flexibility index (Phi) is 4.19. The first kappa shape index (κ1) is 16.1. The Hall–Kier alpha value is -2.37. The van der Waals surface area contributed by atoms with Gasteiger partial charge < -0.3 is 14.3 Å². The molecule has 1 spiro atoms. The lowest BCUT2D eigenvalue weighted by Crippen LogP contribution is -2.50. The molecule has 25 heavy (non-hydrogen) atoms. The van der Waals surface area contributed by atoms with E-state index >= 15 is 0 Å². The van der Waals surface area contributed by atoms with Crippen molar-refractivity contribution in [1.29, 1.82) is 0 Å². The molecule has 2 saturated heterocycles. The van der Waals surface area contributed by atoms with E-state index in [0.29, 0.717) is 24.3 Å². The number of hydrogen-bond acceptors (Lipinski definition) is 5. The molecule has 1 aromatic carbocycles. The Balaban J connectivity index is 1.51. The van der Waals surface area contributed by atoms with Crippen LogP contribution in [0.3, 0.4) is 0 Å². The Morgan fingerprint density at radius 2 is 2.04 bits per heavy atom. The van der Waals surface area contributed by atoms with E-state index in [1.807, 2.05) is 35.2 Å². The van der Waals surface area contributed by atoms with Crippen molar-refractivity contribution < 1.29 is 9.32 Å². The predicted octanol–water partition coefficient (Wildman–Crippen LogP) is 2.97. The molecule has 1 atom stereocenters. The van der Waals surface area contributed by atoms with E-state index in [4.69, 9.17) is 4.52 Å². The van der Waals surface area contributed by atoms with Gasteiger partial charge in [0.25, 0.3) is 0 Å². The van der Waals surface area contributed by atoms with Crippen molar-refractivity contribution in [2.45, 2.75) is 32.6 Å². The summed E-state index contributed by atoms with van der Waals surface area (Å²) in [6, 6.07) is 10.3. The molecule has 4 rings (SSSR count). The number of piperidine rings is 1. The van der Waals surface area contributed by atoms with Crippen LogP contribution in [0.25, 0.3) is 11.4 Å². The van der Waals surface area contributed by atoms with Gasteiger partial charge in [0, 0.05) is 31.7 Å². The lowest BCUT2D eigenvalue weighted by Gasteiger charge is -2.39. The molecule has 6 heteroatoms. The minimum atomic E-state index is -0.269. The van der Waals surface area contributed by atoms with Crippen LogP contribution in [0.4, 0.5) is 6.01 Å². The lowest BCUT2D eigenvalue weighted by atomic mass is 9.78. The van der Waals surface area contributed by atoms with Crippen molar-refractivity contribution in [3.8, 4) is 11.4 Å². The van der Waals surface area contributed by atoms with Gasteiger partial charge in [0.1, 0.15) is 0 Å². The van der Waals surface area contributed by atoms with Gasteiger partial charge in [-0.15, -0.1) is 0 Å². The predicted molar refractivity (Wildman–Crippen MR) is 95.1 cm³/mol. The van der Waals surface area contributed by atoms with Gasteiger partial charge in [-0.25, -0.2) is 0 Å². The van der Waals surface area contributed by atoms with Crippen molar-refractivity contribution in [3.05, 3.63) is 30.3 Å². The van der Waals surface area contributed by atoms with Crippen molar-refractivity contribution in [3.63, 3.8) is 0 Å². The number of anilines is 1. The van der Waals surface area contributed by atoms with Crippen LogP contribution < -0.4 is 4.90 Å². The molecule has 0 radical (unpaired) electrons. The van der Waals surface area contributed by atoms with Crippen LogP contribution in [-0.2, 0) is 4.79 Å². The Bertz CT molecular complexity index is 743. The Morgan fingerprint density at radius 3 is 2.84 bits per heavy atom. The molecule has 6 nitrogen and oxygen atoms in total. The molecule has 2 aromatic rings. The first-order chi connectivity index (χ1) is 12.2. The first-order valence-corrected chi connectivity index (χ1v) is 9.15. The van der Waals surface area contributed by atoms with Gasteiger partial charge >= 0.3 is 6.01 Å². The third-order valence-electron chi connectivity index (χ3n) is 5.39. The lowest BCUT2D eigenvalue weighted by molar-refractivity contribution is -0.145. The largest absolute Gasteiger partial charge is 0.342 e. The second kappa shape index (κ2) is 6.50. The number of likely N-dealkylation sites (tertiary alicyclic amines) is 1. The molecule has 1 amide bonds. The zero-order valence-electron chi connectivity index (χ0n) is 14.6. The van der Waals surface area contributed by atoms with Gasteiger partial charge in [-0.2, -0.15) is 4.98 Å². The molecule has 2 aliphatic rings. The second-order valence-corrected chi connectivity index (χ2v) is 7.11. The topological polar surface area (TPSA) is 62.5 Å². The van der Waals surface area contributed by atoms with Crippen LogP contribution in [0, 0.1) is 5.41 Å². The number of aromatic nitrogens is 2. The summed E-state index contributed by atoms with van der Waals surface area (Å²) in [7, 11) is 0. The fraction of sp³-hybridized carbons (Fsp3) is 0.526. The SMILES string of the molecule is CCCN1CCC[C@@]2(CCN(c3nc(-c4ccccc4)no3)C2)C1=O. The normalized spacial score (nSPS) is 23.6. The number of carbonyl (C=O) groups excluding carboxylic acids is 1. The fourth-order valence-corrected chi connectivity index (χ4v) is 4.10. The molecule has 0 unspecified atom stereocenters. The van der Waals surface area contributed by atoms with E-state index in [1.54, 1.807) is 0 Å². The van der Waals surface area contributed by atoms with E-state index < -0.39 is 0 Å². The number of rotatable bonds is 4. The molecule has 0 saturated carbocycles. The molecular weight excluding hydrogens is 316 g/mol. The zero-order valence-corrected chi connectivity index (χ0v) is 14.6. The maximum absolute atomic E-state index is 13.0. The van der Waals surface area contributed by atoms with E-state index in [1.165, 1.54) is 0 Å². The number of benzene rings is 1. The third-order valence-corrected chi connectivity index (χ3v) is 5.39.